The second kappa shape index (κ2) is 8.00. The van der Waals surface area contributed by atoms with E-state index < -0.39 is 0 Å². The fraction of sp³-hybridized carbons (Fsp3) is 0.263. The van der Waals surface area contributed by atoms with Crippen LogP contribution < -0.4 is 10.1 Å². The maximum absolute atomic E-state index is 12.5. The normalized spacial score (nSPS) is 11.3. The second-order valence-corrected chi connectivity index (χ2v) is 5.30. The van der Waals surface area contributed by atoms with Gasteiger partial charge in [-0.1, -0.05) is 37.3 Å². The van der Waals surface area contributed by atoms with Crippen molar-refractivity contribution in [1.82, 2.24) is 5.32 Å². The van der Waals surface area contributed by atoms with Crippen LogP contribution in [0.1, 0.15) is 34.8 Å². The van der Waals surface area contributed by atoms with Crippen molar-refractivity contribution in [3.63, 3.8) is 0 Å². The lowest BCUT2D eigenvalue weighted by atomic mass is 10.0. The van der Waals surface area contributed by atoms with Gasteiger partial charge >= 0.3 is 0 Å². The van der Waals surface area contributed by atoms with Crippen molar-refractivity contribution < 1.29 is 9.53 Å². The highest BCUT2D eigenvalue weighted by Gasteiger charge is 2.17. The summed E-state index contributed by atoms with van der Waals surface area (Å²) in [6, 6.07) is 17.0. The number of carbonyl (C=O) groups is 1. The zero-order valence-electron chi connectivity index (χ0n) is 13.4. The summed E-state index contributed by atoms with van der Waals surface area (Å²) in [5.74, 6) is 0.227. The Morgan fingerprint density at radius 2 is 2.00 bits per heavy atom. The highest BCUT2D eigenvalue weighted by atomic mass is 16.5. The number of nitrogens with zero attached hydrogens (tertiary/aromatic N) is 1. The first-order valence-corrected chi connectivity index (χ1v) is 7.60. The minimum absolute atomic E-state index is 0.0465. The molecule has 0 unspecified atom stereocenters. The van der Waals surface area contributed by atoms with Crippen molar-refractivity contribution >= 4 is 5.91 Å². The fourth-order valence-corrected chi connectivity index (χ4v) is 2.41. The average molecular weight is 308 g/mol. The number of ether oxygens (including phenoxy) is 1. The Kier molecular flexibility index (Phi) is 5.76. The van der Waals surface area contributed by atoms with E-state index in [1.165, 1.54) is 12.7 Å². The van der Waals surface area contributed by atoms with Gasteiger partial charge in [-0.2, -0.15) is 5.26 Å². The number of nitrogens with one attached hydrogen (secondary N) is 1. The van der Waals surface area contributed by atoms with E-state index >= 15 is 0 Å². The first-order valence-electron chi connectivity index (χ1n) is 7.60. The lowest BCUT2D eigenvalue weighted by molar-refractivity contribution is 0.0932. The van der Waals surface area contributed by atoms with Gasteiger partial charge in [0.15, 0.2) is 0 Å². The first-order chi connectivity index (χ1) is 11.2. The van der Waals surface area contributed by atoms with Gasteiger partial charge in [-0.15, -0.1) is 0 Å². The number of rotatable bonds is 6. The molecule has 1 atom stereocenters. The smallest absolute Gasteiger partial charge is 0.255 e. The molecule has 0 aliphatic rings. The molecule has 4 heteroatoms. The summed E-state index contributed by atoms with van der Waals surface area (Å²) in [6.07, 6.45) is 1.61. The van der Waals surface area contributed by atoms with E-state index in [1.54, 1.807) is 18.2 Å². The van der Waals surface area contributed by atoms with Gasteiger partial charge in [-0.25, -0.2) is 0 Å². The van der Waals surface area contributed by atoms with Crippen molar-refractivity contribution in [2.75, 3.05) is 7.11 Å². The average Bonchev–Trinajstić information content (AvgIpc) is 2.61. The van der Waals surface area contributed by atoms with Gasteiger partial charge in [0, 0.05) is 6.04 Å². The second-order valence-electron chi connectivity index (χ2n) is 5.30. The minimum atomic E-state index is -0.186. The van der Waals surface area contributed by atoms with Gasteiger partial charge in [-0.05, 0) is 36.6 Å². The van der Waals surface area contributed by atoms with Crippen LogP contribution in [0.3, 0.4) is 0 Å². The zero-order chi connectivity index (χ0) is 16.7. The highest BCUT2D eigenvalue weighted by molar-refractivity contribution is 5.97. The van der Waals surface area contributed by atoms with Crippen LogP contribution in [0.4, 0.5) is 0 Å². The van der Waals surface area contributed by atoms with Crippen LogP contribution in [0, 0.1) is 11.3 Å². The Balaban J connectivity index is 2.12. The number of nitriles is 1. The van der Waals surface area contributed by atoms with Gasteiger partial charge in [-0.3, -0.25) is 4.79 Å². The maximum atomic E-state index is 12.5. The van der Waals surface area contributed by atoms with E-state index in [9.17, 15) is 4.79 Å². The standard InChI is InChI=1S/C19H20N2O2/c1-3-16(11-14-7-5-4-6-8-14)21-19(22)17-10-9-15(13-20)12-18(17)23-2/h4-10,12,16H,3,11H2,1-2H3,(H,21,22)/t16-/m1/s1. The molecule has 1 amide bonds. The molecule has 0 saturated heterocycles. The van der Waals surface area contributed by atoms with E-state index in [4.69, 9.17) is 10.00 Å². The van der Waals surface area contributed by atoms with Gasteiger partial charge in [0.25, 0.3) is 5.91 Å². The minimum Gasteiger partial charge on any atom is -0.496 e. The molecule has 0 aromatic heterocycles. The summed E-state index contributed by atoms with van der Waals surface area (Å²) >= 11 is 0. The Labute approximate surface area is 136 Å². The first kappa shape index (κ1) is 16.6. The van der Waals surface area contributed by atoms with Crippen LogP contribution in [-0.4, -0.2) is 19.1 Å². The fourth-order valence-electron chi connectivity index (χ4n) is 2.41. The summed E-state index contributed by atoms with van der Waals surface area (Å²) < 4.78 is 5.23. The molecule has 0 spiro atoms. The van der Waals surface area contributed by atoms with Crippen molar-refractivity contribution in [3.05, 3.63) is 65.2 Å². The molecule has 2 aromatic carbocycles. The molecule has 1 N–H and O–H groups in total. The third-order valence-electron chi connectivity index (χ3n) is 3.73. The summed E-state index contributed by atoms with van der Waals surface area (Å²) in [7, 11) is 1.49. The van der Waals surface area contributed by atoms with E-state index in [1.807, 2.05) is 31.2 Å². The number of hydrogen-bond acceptors (Lipinski definition) is 3. The highest BCUT2D eigenvalue weighted by Crippen LogP contribution is 2.20. The topological polar surface area (TPSA) is 62.1 Å². The summed E-state index contributed by atoms with van der Waals surface area (Å²) in [5.41, 5.74) is 2.10. The number of benzene rings is 2. The summed E-state index contributed by atoms with van der Waals surface area (Å²) in [6.45, 7) is 2.05. The summed E-state index contributed by atoms with van der Waals surface area (Å²) in [4.78, 5) is 12.5. The maximum Gasteiger partial charge on any atom is 0.255 e. The van der Waals surface area contributed by atoms with Gasteiger partial charge in [0.1, 0.15) is 5.75 Å². The van der Waals surface area contributed by atoms with Gasteiger partial charge < -0.3 is 10.1 Å². The van der Waals surface area contributed by atoms with Crippen LogP contribution in [0.2, 0.25) is 0 Å². The molecule has 0 aliphatic carbocycles. The van der Waals surface area contributed by atoms with E-state index in [2.05, 4.69) is 17.4 Å². The van der Waals surface area contributed by atoms with E-state index in [-0.39, 0.29) is 11.9 Å². The monoisotopic (exact) mass is 308 g/mol. The van der Waals surface area contributed by atoms with E-state index in [0.29, 0.717) is 16.9 Å². The third-order valence-corrected chi connectivity index (χ3v) is 3.73. The number of hydrogen-bond donors (Lipinski definition) is 1. The molecule has 4 nitrogen and oxygen atoms in total. The van der Waals surface area contributed by atoms with Crippen molar-refractivity contribution in [3.8, 4) is 11.8 Å². The SMILES string of the molecule is CC[C@H](Cc1ccccc1)NC(=O)c1ccc(C#N)cc1OC. The number of amides is 1. The number of methoxy groups -OCH3 is 1. The molecule has 0 radical (unpaired) electrons. The Hall–Kier alpha value is -2.80. The van der Waals surface area contributed by atoms with Gasteiger partial charge in [0.2, 0.25) is 0 Å². The molecule has 2 aromatic rings. The van der Waals surface area contributed by atoms with Crippen molar-refractivity contribution in [1.29, 1.82) is 5.26 Å². The summed E-state index contributed by atoms with van der Waals surface area (Å²) in [5, 5.41) is 12.0. The molecule has 0 bridgehead atoms. The largest absolute Gasteiger partial charge is 0.496 e. The molecule has 0 heterocycles. The van der Waals surface area contributed by atoms with Crippen LogP contribution in [0.5, 0.6) is 5.75 Å². The predicted molar refractivity (Wildman–Crippen MR) is 89.4 cm³/mol. The molecule has 23 heavy (non-hydrogen) atoms. The van der Waals surface area contributed by atoms with Crippen LogP contribution in [0.15, 0.2) is 48.5 Å². The predicted octanol–water partition coefficient (Wildman–Crippen LogP) is 3.32. The Morgan fingerprint density at radius 3 is 2.61 bits per heavy atom. The third kappa shape index (κ3) is 4.33. The quantitative estimate of drug-likeness (QED) is 0.890. The zero-order valence-corrected chi connectivity index (χ0v) is 13.4. The van der Waals surface area contributed by atoms with Crippen LogP contribution in [0.25, 0.3) is 0 Å². The van der Waals surface area contributed by atoms with Crippen molar-refractivity contribution in [2.45, 2.75) is 25.8 Å². The molecular weight excluding hydrogens is 288 g/mol. The Bertz CT molecular complexity index is 705. The van der Waals surface area contributed by atoms with E-state index in [0.717, 1.165) is 12.8 Å². The molecular formula is C19H20N2O2. The molecule has 0 aliphatic heterocycles. The van der Waals surface area contributed by atoms with Gasteiger partial charge in [0.05, 0.1) is 24.3 Å². The van der Waals surface area contributed by atoms with Crippen LogP contribution in [-0.2, 0) is 6.42 Å². The molecule has 0 saturated carbocycles. The van der Waals surface area contributed by atoms with Crippen molar-refractivity contribution in [2.24, 2.45) is 0 Å². The lowest BCUT2D eigenvalue weighted by Crippen LogP contribution is -2.36. The molecule has 118 valence electrons. The molecule has 2 rings (SSSR count). The van der Waals surface area contributed by atoms with Crippen LogP contribution >= 0.6 is 0 Å². The Morgan fingerprint density at radius 1 is 1.26 bits per heavy atom. The lowest BCUT2D eigenvalue weighted by Gasteiger charge is -2.18. The number of carbonyl (C=O) groups excluding carboxylic acids is 1. The molecule has 0 fully saturated rings.